The summed E-state index contributed by atoms with van der Waals surface area (Å²) in [6.45, 7) is 2.14. The Balaban J connectivity index is 1.66. The summed E-state index contributed by atoms with van der Waals surface area (Å²) in [6.07, 6.45) is 0. The number of hydrazine groups is 1. The highest BCUT2D eigenvalue weighted by molar-refractivity contribution is 5.83. The van der Waals surface area contributed by atoms with E-state index in [4.69, 9.17) is 10.8 Å². The van der Waals surface area contributed by atoms with Gasteiger partial charge in [0.15, 0.2) is 0 Å². The molecule has 1 aliphatic rings. The van der Waals surface area contributed by atoms with Gasteiger partial charge < -0.3 is 14.8 Å². The molecule has 10 heteroatoms. The normalized spacial score (nSPS) is 12.9. The predicted molar refractivity (Wildman–Crippen MR) is 114 cm³/mol. The Kier molecular flexibility index (Phi) is 5.87. The van der Waals surface area contributed by atoms with E-state index in [2.05, 4.69) is 5.32 Å². The van der Waals surface area contributed by atoms with Gasteiger partial charge in [0.2, 0.25) is 11.8 Å². The first kappa shape index (κ1) is 21.4. The summed E-state index contributed by atoms with van der Waals surface area (Å²) < 4.78 is 28.7. The Labute approximate surface area is 183 Å². The van der Waals surface area contributed by atoms with E-state index < -0.39 is 5.91 Å². The van der Waals surface area contributed by atoms with Gasteiger partial charge in [-0.2, -0.15) is 0 Å². The molecule has 8 nitrogen and oxygen atoms in total. The zero-order chi connectivity index (χ0) is 22.8. The maximum absolute atomic E-state index is 13.5. The van der Waals surface area contributed by atoms with Gasteiger partial charge in [-0.05, 0) is 48.5 Å². The minimum absolute atomic E-state index is 0.221. The molecule has 166 valence electrons. The van der Waals surface area contributed by atoms with E-state index >= 15 is 0 Å². The van der Waals surface area contributed by atoms with Crippen molar-refractivity contribution in [3.05, 3.63) is 66.0 Å². The molecule has 0 saturated heterocycles. The van der Waals surface area contributed by atoms with Crippen molar-refractivity contribution in [1.29, 1.82) is 0 Å². The lowest BCUT2D eigenvalue weighted by Gasteiger charge is -2.29. The quantitative estimate of drug-likeness (QED) is 0.361. The minimum atomic E-state index is -0.402. The first-order valence-corrected chi connectivity index (χ1v) is 10.0. The molecule has 0 radical (unpaired) electrons. The van der Waals surface area contributed by atoms with Gasteiger partial charge in [-0.3, -0.25) is 14.6 Å². The number of hydrogen-bond acceptors (Lipinski definition) is 5. The van der Waals surface area contributed by atoms with Crippen LogP contribution in [0.1, 0.15) is 12.7 Å². The molecular formula is C22H22F2N6O2. The fourth-order valence-electron chi connectivity index (χ4n) is 3.51. The summed E-state index contributed by atoms with van der Waals surface area (Å²) in [7, 11) is 0. The molecule has 32 heavy (non-hydrogen) atoms. The van der Waals surface area contributed by atoms with Crippen LogP contribution in [0.4, 0.5) is 20.3 Å². The number of carbonyl (C=O) groups is 2. The number of fused-ring (bicyclic) bond motifs is 1. The topological polar surface area (TPSA) is 96.5 Å². The number of benzene rings is 2. The van der Waals surface area contributed by atoms with Crippen LogP contribution in [0.25, 0.3) is 11.3 Å². The molecule has 0 bridgehead atoms. The molecule has 2 amide bonds. The van der Waals surface area contributed by atoms with E-state index in [1.54, 1.807) is 29.2 Å². The lowest BCUT2D eigenvalue weighted by molar-refractivity contribution is -0.140. The Morgan fingerprint density at radius 1 is 1.06 bits per heavy atom. The SMILES string of the molecule is CC(=O)N(N)CC(=O)N1CCn2c(nc(-c3ccc(F)cc3)c2Nc2ccc(F)cc2)C1. The van der Waals surface area contributed by atoms with Crippen LogP contribution in [0.5, 0.6) is 0 Å². The van der Waals surface area contributed by atoms with Gasteiger partial charge in [0.1, 0.15) is 35.5 Å². The van der Waals surface area contributed by atoms with Crippen LogP contribution >= 0.6 is 0 Å². The second kappa shape index (κ2) is 8.75. The molecule has 2 heterocycles. The average Bonchev–Trinajstić information content (AvgIpc) is 3.13. The number of hydrogen-bond donors (Lipinski definition) is 2. The molecule has 1 aliphatic heterocycles. The van der Waals surface area contributed by atoms with Gasteiger partial charge in [-0.15, -0.1) is 0 Å². The second-order valence-corrected chi connectivity index (χ2v) is 7.48. The molecule has 3 aromatic rings. The van der Waals surface area contributed by atoms with Crippen molar-refractivity contribution in [3.8, 4) is 11.3 Å². The number of imidazole rings is 1. The van der Waals surface area contributed by atoms with E-state index in [1.165, 1.54) is 31.2 Å². The van der Waals surface area contributed by atoms with Crippen LogP contribution in [0.3, 0.4) is 0 Å². The zero-order valence-electron chi connectivity index (χ0n) is 17.4. The molecule has 0 atom stereocenters. The molecule has 0 saturated carbocycles. The highest BCUT2D eigenvalue weighted by atomic mass is 19.1. The van der Waals surface area contributed by atoms with E-state index in [-0.39, 0.29) is 30.6 Å². The number of halogens is 2. The number of carbonyl (C=O) groups excluding carboxylic acids is 2. The van der Waals surface area contributed by atoms with E-state index in [1.807, 2.05) is 4.57 Å². The first-order valence-electron chi connectivity index (χ1n) is 10.0. The maximum atomic E-state index is 13.5. The number of amides is 2. The van der Waals surface area contributed by atoms with Crippen LogP contribution in [0.2, 0.25) is 0 Å². The van der Waals surface area contributed by atoms with Crippen molar-refractivity contribution in [2.24, 2.45) is 5.84 Å². The third-order valence-corrected chi connectivity index (χ3v) is 5.26. The largest absolute Gasteiger partial charge is 0.340 e. The molecule has 4 rings (SSSR count). The summed E-state index contributed by atoms with van der Waals surface area (Å²) >= 11 is 0. The number of aromatic nitrogens is 2. The Hall–Kier alpha value is -3.79. The van der Waals surface area contributed by atoms with Gasteiger partial charge in [0.05, 0.1) is 6.54 Å². The standard InChI is InChI=1S/C22H22F2N6O2/c1-14(31)30(25)13-20(32)28-10-11-29-19(12-28)27-21(15-2-4-16(23)5-3-15)22(29)26-18-8-6-17(24)7-9-18/h2-9,26H,10-13,25H2,1H3. The molecule has 2 aromatic carbocycles. The van der Waals surface area contributed by atoms with Crippen LogP contribution in [-0.2, 0) is 22.7 Å². The molecule has 0 spiro atoms. The smallest absolute Gasteiger partial charge is 0.244 e. The number of nitrogens with one attached hydrogen (secondary N) is 1. The van der Waals surface area contributed by atoms with E-state index in [9.17, 15) is 18.4 Å². The Morgan fingerprint density at radius 3 is 2.31 bits per heavy atom. The fourth-order valence-corrected chi connectivity index (χ4v) is 3.51. The van der Waals surface area contributed by atoms with Crippen molar-refractivity contribution in [1.82, 2.24) is 19.5 Å². The Bertz CT molecular complexity index is 1140. The molecule has 0 fully saturated rings. The summed E-state index contributed by atoms with van der Waals surface area (Å²) in [5.74, 6) is 5.47. The van der Waals surface area contributed by atoms with Crippen LogP contribution in [0.15, 0.2) is 48.5 Å². The molecule has 0 aliphatic carbocycles. The summed E-state index contributed by atoms with van der Waals surface area (Å²) in [4.78, 5) is 30.2. The van der Waals surface area contributed by atoms with Crippen LogP contribution < -0.4 is 11.2 Å². The summed E-state index contributed by atoms with van der Waals surface area (Å²) in [6, 6.07) is 11.9. The van der Waals surface area contributed by atoms with E-state index in [0.29, 0.717) is 41.7 Å². The summed E-state index contributed by atoms with van der Waals surface area (Å²) in [5.41, 5.74) is 1.94. The lowest BCUT2D eigenvalue weighted by Crippen LogP contribution is -2.47. The lowest BCUT2D eigenvalue weighted by atomic mass is 10.1. The van der Waals surface area contributed by atoms with Gasteiger partial charge >= 0.3 is 0 Å². The maximum Gasteiger partial charge on any atom is 0.244 e. The van der Waals surface area contributed by atoms with Crippen LogP contribution in [-0.4, -0.2) is 44.4 Å². The number of nitrogens with zero attached hydrogens (tertiary/aromatic N) is 4. The van der Waals surface area contributed by atoms with Crippen molar-refractivity contribution in [2.75, 3.05) is 18.4 Å². The monoisotopic (exact) mass is 440 g/mol. The molecule has 0 unspecified atom stereocenters. The van der Waals surface area contributed by atoms with Gasteiger partial charge in [-0.1, -0.05) is 0 Å². The van der Waals surface area contributed by atoms with Gasteiger partial charge in [0, 0.05) is 31.3 Å². The molecule has 1 aromatic heterocycles. The number of anilines is 2. The predicted octanol–water partition coefficient (Wildman–Crippen LogP) is 2.64. The highest BCUT2D eigenvalue weighted by Crippen LogP contribution is 2.33. The van der Waals surface area contributed by atoms with Crippen molar-refractivity contribution in [2.45, 2.75) is 20.0 Å². The summed E-state index contributed by atoms with van der Waals surface area (Å²) in [5, 5.41) is 4.15. The first-order chi connectivity index (χ1) is 15.3. The van der Waals surface area contributed by atoms with Crippen molar-refractivity contribution < 1.29 is 18.4 Å². The van der Waals surface area contributed by atoms with Crippen molar-refractivity contribution in [3.63, 3.8) is 0 Å². The van der Waals surface area contributed by atoms with Gasteiger partial charge in [-0.25, -0.2) is 19.6 Å². The Morgan fingerprint density at radius 2 is 1.69 bits per heavy atom. The third-order valence-electron chi connectivity index (χ3n) is 5.26. The van der Waals surface area contributed by atoms with Crippen LogP contribution in [0, 0.1) is 11.6 Å². The highest BCUT2D eigenvalue weighted by Gasteiger charge is 2.27. The third kappa shape index (κ3) is 4.45. The zero-order valence-corrected chi connectivity index (χ0v) is 17.4. The van der Waals surface area contributed by atoms with Crippen molar-refractivity contribution >= 4 is 23.3 Å². The van der Waals surface area contributed by atoms with Gasteiger partial charge in [0.25, 0.3) is 0 Å². The molecular weight excluding hydrogens is 418 g/mol. The van der Waals surface area contributed by atoms with E-state index in [0.717, 1.165) is 5.01 Å². The number of rotatable bonds is 5. The second-order valence-electron chi connectivity index (χ2n) is 7.48. The average molecular weight is 440 g/mol. The fraction of sp³-hybridized carbons (Fsp3) is 0.227. The molecule has 3 N–H and O–H groups in total. The number of nitrogens with two attached hydrogens (primary N) is 1. The minimum Gasteiger partial charge on any atom is -0.340 e.